The van der Waals surface area contributed by atoms with Crippen molar-refractivity contribution >= 4 is 17.0 Å². The van der Waals surface area contributed by atoms with Gasteiger partial charge in [-0.2, -0.15) is 13.2 Å². The molecule has 3 rings (SSSR count). The molecule has 3 aromatic rings. The second-order valence-corrected chi connectivity index (χ2v) is 6.00. The van der Waals surface area contributed by atoms with E-state index < -0.39 is 23.2 Å². The summed E-state index contributed by atoms with van der Waals surface area (Å²) in [7, 11) is 1.52. The molecule has 1 aromatic heterocycles. The van der Waals surface area contributed by atoms with E-state index >= 15 is 0 Å². The van der Waals surface area contributed by atoms with E-state index in [4.69, 9.17) is 4.74 Å². The predicted molar refractivity (Wildman–Crippen MR) is 101 cm³/mol. The maximum absolute atomic E-state index is 13.1. The van der Waals surface area contributed by atoms with E-state index in [1.807, 2.05) is 0 Å². The van der Waals surface area contributed by atoms with Gasteiger partial charge in [-0.3, -0.25) is 9.79 Å². The van der Waals surface area contributed by atoms with Crippen LogP contribution in [0.1, 0.15) is 11.1 Å². The van der Waals surface area contributed by atoms with Gasteiger partial charge < -0.3 is 9.84 Å². The van der Waals surface area contributed by atoms with Crippen molar-refractivity contribution in [3.8, 4) is 11.6 Å². The number of methoxy groups -OCH3 is 1. The Bertz CT molecular complexity index is 1090. The zero-order chi connectivity index (χ0) is 20.3. The van der Waals surface area contributed by atoms with E-state index in [0.717, 1.165) is 16.7 Å². The summed E-state index contributed by atoms with van der Waals surface area (Å²) >= 11 is 0. The van der Waals surface area contributed by atoms with Crippen LogP contribution in [0.2, 0.25) is 0 Å². The molecule has 0 fully saturated rings. The van der Waals surface area contributed by atoms with Gasteiger partial charge in [0.15, 0.2) is 0 Å². The van der Waals surface area contributed by atoms with E-state index in [2.05, 4.69) is 4.99 Å². The van der Waals surface area contributed by atoms with Crippen molar-refractivity contribution in [1.82, 2.24) is 4.57 Å². The van der Waals surface area contributed by atoms with Crippen LogP contribution in [0.4, 0.5) is 13.2 Å². The standard InChI is InChI=1S/C20H17F3N2O3/c1-28-10-9-24-12-17-15-7-2-3-8-16(15)18(26)25(19(17)27)14-6-4-5-13(11-14)20(21,22)23/h2-8,11-12,27H,9-10H2,1H3. The van der Waals surface area contributed by atoms with E-state index in [1.54, 1.807) is 24.3 Å². The Hall–Kier alpha value is -3.13. The second-order valence-electron chi connectivity index (χ2n) is 6.00. The number of ether oxygens (including phenoxy) is 1. The molecule has 0 amide bonds. The molecule has 0 bridgehead atoms. The number of alkyl halides is 3. The smallest absolute Gasteiger partial charge is 0.416 e. The molecule has 1 heterocycles. The molecule has 0 radical (unpaired) electrons. The molecule has 8 heteroatoms. The minimum Gasteiger partial charge on any atom is -0.494 e. The molecule has 0 aliphatic carbocycles. The van der Waals surface area contributed by atoms with E-state index in [9.17, 15) is 23.1 Å². The van der Waals surface area contributed by atoms with Crippen LogP contribution in [0, 0.1) is 0 Å². The fourth-order valence-electron chi connectivity index (χ4n) is 2.85. The van der Waals surface area contributed by atoms with Crippen molar-refractivity contribution in [2.24, 2.45) is 4.99 Å². The molecule has 0 aliphatic heterocycles. The number of aromatic nitrogens is 1. The largest absolute Gasteiger partial charge is 0.494 e. The van der Waals surface area contributed by atoms with Gasteiger partial charge in [-0.1, -0.05) is 24.3 Å². The first kappa shape index (κ1) is 19.6. The molecule has 0 saturated heterocycles. The predicted octanol–water partition coefficient (Wildman–Crippen LogP) is 3.78. The molecule has 28 heavy (non-hydrogen) atoms. The van der Waals surface area contributed by atoms with Crippen molar-refractivity contribution in [3.05, 3.63) is 70.0 Å². The van der Waals surface area contributed by atoms with Crippen LogP contribution in [-0.2, 0) is 10.9 Å². The quantitative estimate of drug-likeness (QED) is 0.533. The molecule has 146 valence electrons. The third-order valence-corrected chi connectivity index (χ3v) is 4.18. The third-order valence-electron chi connectivity index (χ3n) is 4.18. The van der Waals surface area contributed by atoms with Gasteiger partial charge in [-0.05, 0) is 24.3 Å². The van der Waals surface area contributed by atoms with Crippen molar-refractivity contribution in [3.63, 3.8) is 0 Å². The SMILES string of the molecule is COCCN=Cc1c(O)n(-c2cccc(C(F)(F)F)c2)c(=O)c2ccccc12. The molecule has 0 unspecified atom stereocenters. The number of hydrogen-bond donors (Lipinski definition) is 1. The maximum Gasteiger partial charge on any atom is 0.416 e. The van der Waals surface area contributed by atoms with Crippen molar-refractivity contribution in [1.29, 1.82) is 0 Å². The summed E-state index contributed by atoms with van der Waals surface area (Å²) in [5.41, 5.74) is -1.39. The summed E-state index contributed by atoms with van der Waals surface area (Å²) in [4.78, 5) is 17.1. The minimum absolute atomic E-state index is 0.0883. The Morgan fingerprint density at radius 2 is 1.86 bits per heavy atom. The molecule has 0 atom stereocenters. The van der Waals surface area contributed by atoms with Gasteiger partial charge in [0, 0.05) is 24.1 Å². The van der Waals surface area contributed by atoms with Gasteiger partial charge in [0.05, 0.1) is 30.0 Å². The lowest BCUT2D eigenvalue weighted by atomic mass is 10.1. The summed E-state index contributed by atoms with van der Waals surface area (Å²) < 4.78 is 45.0. The fourth-order valence-corrected chi connectivity index (χ4v) is 2.85. The lowest BCUT2D eigenvalue weighted by Gasteiger charge is -2.15. The first-order valence-corrected chi connectivity index (χ1v) is 8.37. The molecule has 5 nitrogen and oxygen atoms in total. The highest BCUT2D eigenvalue weighted by molar-refractivity contribution is 6.01. The highest BCUT2D eigenvalue weighted by Crippen LogP contribution is 2.32. The minimum atomic E-state index is -4.57. The number of pyridine rings is 1. The van der Waals surface area contributed by atoms with Crippen molar-refractivity contribution in [2.45, 2.75) is 6.18 Å². The number of aliphatic imine (C=N–C) groups is 1. The molecule has 0 aliphatic rings. The number of halogens is 3. The van der Waals surface area contributed by atoms with Crippen LogP contribution in [0.15, 0.2) is 58.3 Å². The highest BCUT2D eigenvalue weighted by Gasteiger charge is 2.31. The Kier molecular flexibility index (Phi) is 5.51. The van der Waals surface area contributed by atoms with E-state index in [-0.39, 0.29) is 16.6 Å². The van der Waals surface area contributed by atoms with Crippen molar-refractivity contribution < 1.29 is 23.0 Å². The van der Waals surface area contributed by atoms with E-state index in [1.165, 1.54) is 25.5 Å². The number of rotatable bonds is 5. The van der Waals surface area contributed by atoms with Gasteiger partial charge in [0.1, 0.15) is 0 Å². The van der Waals surface area contributed by atoms with Crippen LogP contribution < -0.4 is 5.56 Å². The van der Waals surface area contributed by atoms with Crippen LogP contribution in [0.5, 0.6) is 5.88 Å². The Balaban J connectivity index is 2.27. The lowest BCUT2D eigenvalue weighted by Crippen LogP contribution is -2.20. The normalized spacial score (nSPS) is 12.1. The number of fused-ring (bicyclic) bond motifs is 1. The van der Waals surface area contributed by atoms with Gasteiger partial charge in [0.25, 0.3) is 5.56 Å². The molecule has 1 N–H and O–H groups in total. The van der Waals surface area contributed by atoms with Gasteiger partial charge in [-0.25, -0.2) is 4.57 Å². The third kappa shape index (κ3) is 3.77. The molecule has 0 spiro atoms. The zero-order valence-electron chi connectivity index (χ0n) is 14.9. The first-order valence-electron chi connectivity index (χ1n) is 8.37. The van der Waals surface area contributed by atoms with Crippen LogP contribution in [0.3, 0.4) is 0 Å². The van der Waals surface area contributed by atoms with Crippen LogP contribution >= 0.6 is 0 Å². The van der Waals surface area contributed by atoms with Gasteiger partial charge in [0.2, 0.25) is 5.88 Å². The topological polar surface area (TPSA) is 63.8 Å². The zero-order valence-corrected chi connectivity index (χ0v) is 14.9. The molecule has 2 aromatic carbocycles. The van der Waals surface area contributed by atoms with Crippen LogP contribution in [0.25, 0.3) is 16.5 Å². The fraction of sp³-hybridized carbons (Fsp3) is 0.200. The average molecular weight is 390 g/mol. The lowest BCUT2D eigenvalue weighted by molar-refractivity contribution is -0.137. The molecular formula is C20H17F3N2O3. The Morgan fingerprint density at radius 3 is 2.54 bits per heavy atom. The van der Waals surface area contributed by atoms with Crippen molar-refractivity contribution in [2.75, 3.05) is 20.3 Å². The summed E-state index contributed by atoms with van der Waals surface area (Å²) in [5, 5.41) is 11.4. The van der Waals surface area contributed by atoms with Gasteiger partial charge >= 0.3 is 6.18 Å². The second kappa shape index (κ2) is 7.85. The number of aromatic hydroxyl groups is 1. The summed E-state index contributed by atoms with van der Waals surface area (Å²) in [5.74, 6) is -0.482. The van der Waals surface area contributed by atoms with Gasteiger partial charge in [-0.15, -0.1) is 0 Å². The molecular weight excluding hydrogens is 373 g/mol. The van der Waals surface area contributed by atoms with E-state index in [0.29, 0.717) is 18.5 Å². The number of hydrogen-bond acceptors (Lipinski definition) is 4. The Morgan fingerprint density at radius 1 is 1.14 bits per heavy atom. The maximum atomic E-state index is 13.1. The summed E-state index contributed by atoms with van der Waals surface area (Å²) in [6.07, 6.45) is -3.18. The average Bonchev–Trinajstić information content (AvgIpc) is 2.67. The first-order chi connectivity index (χ1) is 13.3. The number of nitrogens with zero attached hydrogens (tertiary/aromatic N) is 2. The monoisotopic (exact) mass is 390 g/mol. The highest BCUT2D eigenvalue weighted by atomic mass is 19.4. The summed E-state index contributed by atoms with van der Waals surface area (Å²) in [6, 6.07) is 10.8. The summed E-state index contributed by atoms with van der Waals surface area (Å²) in [6.45, 7) is 0.690. The number of benzene rings is 2. The Labute approximate surface area is 158 Å². The van der Waals surface area contributed by atoms with Crippen LogP contribution in [-0.4, -0.2) is 36.1 Å². The molecule has 0 saturated carbocycles.